The molecule has 1 unspecified atom stereocenters. The number of nitrogens with one attached hydrogen (secondary N) is 3. The Morgan fingerprint density at radius 1 is 0.944 bits per heavy atom. The van der Waals surface area contributed by atoms with E-state index in [2.05, 4.69) is 16.0 Å². The second-order valence-electron chi connectivity index (χ2n) is 14.6. The van der Waals surface area contributed by atoms with Crippen molar-refractivity contribution < 1.29 is 41.8 Å². The van der Waals surface area contributed by atoms with Crippen LogP contribution in [0.1, 0.15) is 91.0 Å². The lowest BCUT2D eigenvalue weighted by Gasteiger charge is -2.41. The van der Waals surface area contributed by atoms with Gasteiger partial charge in [-0.05, 0) is 85.5 Å². The van der Waals surface area contributed by atoms with Gasteiger partial charge in [-0.25, -0.2) is 9.18 Å². The molecule has 1 saturated carbocycles. The number of hydrogen-bond acceptors (Lipinski definition) is 6. The number of aliphatic carboxylic acids is 1. The summed E-state index contributed by atoms with van der Waals surface area (Å²) >= 11 is 0. The fourth-order valence-corrected chi connectivity index (χ4v) is 7.36. The molecule has 1 heterocycles. The van der Waals surface area contributed by atoms with Crippen LogP contribution in [0.2, 0.25) is 0 Å². The first-order valence-electron chi connectivity index (χ1n) is 18.3. The average Bonchev–Trinajstić information content (AvgIpc) is 3.64. The SMILES string of the molecule is Cc1cccc(F)c1C(=O)N1CCC[C@H](C(=O)Nc2ccc(CC(NC(=O)[C@@H](N)C(C)C)C(=O)O)c(C(F)(F)F)c2)[C@@H]1c1ccc(NC2CCCC2)cc1. The maximum absolute atomic E-state index is 15.1. The van der Waals surface area contributed by atoms with Crippen molar-refractivity contribution in [3.05, 3.63) is 94.3 Å². The third kappa shape index (κ3) is 9.38. The van der Waals surface area contributed by atoms with Gasteiger partial charge in [0.15, 0.2) is 0 Å². The molecule has 3 aromatic rings. The number of nitrogens with two attached hydrogens (primary N) is 1. The summed E-state index contributed by atoms with van der Waals surface area (Å²) in [6.45, 7) is 5.14. The van der Waals surface area contributed by atoms with E-state index in [-0.39, 0.29) is 23.7 Å². The molecule has 1 saturated heterocycles. The monoisotopic (exact) mass is 753 g/mol. The van der Waals surface area contributed by atoms with E-state index in [1.807, 2.05) is 24.3 Å². The summed E-state index contributed by atoms with van der Waals surface area (Å²) in [5.41, 5.74) is 5.81. The maximum atomic E-state index is 15.1. The maximum Gasteiger partial charge on any atom is 0.416 e. The molecule has 5 rings (SSSR count). The highest BCUT2D eigenvalue weighted by atomic mass is 19.4. The van der Waals surface area contributed by atoms with Crippen LogP contribution in [-0.2, 0) is 27.0 Å². The molecule has 2 fully saturated rings. The molecule has 3 aromatic carbocycles. The summed E-state index contributed by atoms with van der Waals surface area (Å²) in [6.07, 6.45) is -0.578. The molecule has 10 nitrogen and oxygen atoms in total. The Morgan fingerprint density at radius 2 is 1.61 bits per heavy atom. The molecule has 0 radical (unpaired) electrons. The summed E-state index contributed by atoms with van der Waals surface area (Å²) in [4.78, 5) is 54.1. The lowest BCUT2D eigenvalue weighted by atomic mass is 9.83. The number of nitrogens with zero attached hydrogens (tertiary/aromatic N) is 1. The van der Waals surface area contributed by atoms with Crippen LogP contribution in [0.4, 0.5) is 28.9 Å². The lowest BCUT2D eigenvalue weighted by molar-refractivity contribution is -0.143. The van der Waals surface area contributed by atoms with Crippen LogP contribution in [0.25, 0.3) is 0 Å². The Hall–Kier alpha value is -4.98. The zero-order chi connectivity index (χ0) is 39.3. The third-order valence-corrected chi connectivity index (χ3v) is 10.4. The van der Waals surface area contributed by atoms with Gasteiger partial charge in [-0.15, -0.1) is 0 Å². The molecule has 0 spiro atoms. The third-order valence-electron chi connectivity index (χ3n) is 10.4. The van der Waals surface area contributed by atoms with Crippen molar-refractivity contribution in [1.82, 2.24) is 10.2 Å². The standard InChI is InChI=1S/C40H47F4N5O5/c1-22(2)34(45)37(51)48-32(39(53)54)20-25-15-18-28(21-30(25)40(42,43)44)47-36(50)29-11-7-19-49(38(52)33-23(3)8-6-12-31(33)41)35(29)24-13-16-27(17-14-24)46-26-9-4-5-10-26/h6,8,12-18,21-22,26,29,32,34-35,46H,4-5,7,9-11,19-20,45H2,1-3H3,(H,47,50)(H,48,51)(H,53,54)/t29-,32?,34-,35-/m0/s1. The fourth-order valence-electron chi connectivity index (χ4n) is 7.36. The summed E-state index contributed by atoms with van der Waals surface area (Å²) < 4.78 is 58.4. The number of rotatable bonds is 12. The van der Waals surface area contributed by atoms with E-state index in [0.717, 1.165) is 43.5 Å². The Balaban J connectivity index is 1.44. The molecule has 290 valence electrons. The van der Waals surface area contributed by atoms with Crippen molar-refractivity contribution in [2.75, 3.05) is 17.2 Å². The minimum atomic E-state index is -4.94. The van der Waals surface area contributed by atoms with Crippen molar-refractivity contribution in [2.45, 2.75) is 96.1 Å². The number of carboxylic acid groups (broad SMARTS) is 1. The molecular formula is C40H47F4N5O5. The summed E-state index contributed by atoms with van der Waals surface area (Å²) in [5, 5.41) is 18.1. The predicted octanol–water partition coefficient (Wildman–Crippen LogP) is 6.83. The quantitative estimate of drug-likeness (QED) is 0.127. The molecule has 6 N–H and O–H groups in total. The average molecular weight is 754 g/mol. The first kappa shape index (κ1) is 40.2. The minimum absolute atomic E-state index is 0.115. The Kier molecular flexibility index (Phi) is 12.7. The molecule has 14 heteroatoms. The first-order chi connectivity index (χ1) is 25.5. The highest BCUT2D eigenvalue weighted by molar-refractivity contribution is 5.98. The fraction of sp³-hybridized carbons (Fsp3) is 0.450. The molecule has 54 heavy (non-hydrogen) atoms. The number of benzene rings is 3. The van der Waals surface area contributed by atoms with E-state index in [9.17, 15) is 37.5 Å². The number of hydrogen-bond donors (Lipinski definition) is 5. The van der Waals surface area contributed by atoms with Gasteiger partial charge in [0.25, 0.3) is 5.91 Å². The van der Waals surface area contributed by atoms with Gasteiger partial charge in [-0.1, -0.05) is 57.0 Å². The summed E-state index contributed by atoms with van der Waals surface area (Å²) in [7, 11) is 0. The topological polar surface area (TPSA) is 154 Å². The summed E-state index contributed by atoms with van der Waals surface area (Å²) in [5.74, 6) is -5.56. The van der Waals surface area contributed by atoms with Crippen LogP contribution in [0.5, 0.6) is 0 Å². The number of piperidine rings is 1. The largest absolute Gasteiger partial charge is 0.480 e. The lowest BCUT2D eigenvalue weighted by Crippen LogP contribution is -2.51. The highest BCUT2D eigenvalue weighted by Crippen LogP contribution is 2.40. The molecule has 1 aliphatic heterocycles. The summed E-state index contributed by atoms with van der Waals surface area (Å²) in [6, 6.07) is 11.4. The normalized spacial score (nSPS) is 18.9. The Labute approximate surface area is 311 Å². The number of likely N-dealkylation sites (tertiary alicyclic amines) is 1. The van der Waals surface area contributed by atoms with Gasteiger partial charge in [0.2, 0.25) is 11.8 Å². The number of anilines is 2. The van der Waals surface area contributed by atoms with Crippen LogP contribution >= 0.6 is 0 Å². The first-order valence-corrected chi connectivity index (χ1v) is 18.3. The van der Waals surface area contributed by atoms with Crippen molar-refractivity contribution in [3.63, 3.8) is 0 Å². The molecule has 2 aliphatic rings. The predicted molar refractivity (Wildman–Crippen MR) is 196 cm³/mol. The molecule has 4 atom stereocenters. The smallest absolute Gasteiger partial charge is 0.416 e. The number of amides is 3. The molecule has 3 amide bonds. The Bertz CT molecular complexity index is 1820. The van der Waals surface area contributed by atoms with Gasteiger partial charge in [0.05, 0.1) is 29.1 Å². The zero-order valence-electron chi connectivity index (χ0n) is 30.5. The van der Waals surface area contributed by atoms with Gasteiger partial charge in [-0.2, -0.15) is 13.2 Å². The highest BCUT2D eigenvalue weighted by Gasteiger charge is 2.41. The van der Waals surface area contributed by atoms with Crippen LogP contribution in [0.15, 0.2) is 60.7 Å². The number of halogens is 4. The molecule has 0 aromatic heterocycles. The van der Waals surface area contributed by atoms with E-state index in [1.165, 1.54) is 23.1 Å². The molecule has 0 bridgehead atoms. The van der Waals surface area contributed by atoms with Gasteiger partial charge in [-0.3, -0.25) is 14.4 Å². The van der Waals surface area contributed by atoms with Crippen LogP contribution in [0.3, 0.4) is 0 Å². The molecule has 1 aliphatic carbocycles. The van der Waals surface area contributed by atoms with E-state index in [0.29, 0.717) is 30.0 Å². The van der Waals surface area contributed by atoms with Crippen molar-refractivity contribution >= 4 is 35.1 Å². The van der Waals surface area contributed by atoms with Gasteiger partial charge >= 0.3 is 12.1 Å². The number of carboxylic acids is 1. The van der Waals surface area contributed by atoms with Crippen molar-refractivity contribution in [3.8, 4) is 0 Å². The minimum Gasteiger partial charge on any atom is -0.480 e. The second kappa shape index (κ2) is 17.0. The van der Waals surface area contributed by atoms with Crippen LogP contribution in [0, 0.1) is 24.6 Å². The number of aryl methyl sites for hydroxylation is 1. The van der Waals surface area contributed by atoms with Crippen molar-refractivity contribution in [2.24, 2.45) is 17.6 Å². The van der Waals surface area contributed by atoms with Crippen LogP contribution < -0.4 is 21.7 Å². The number of carbonyl (C=O) groups is 4. The van der Waals surface area contributed by atoms with Gasteiger partial charge in [0, 0.05) is 30.4 Å². The zero-order valence-corrected chi connectivity index (χ0v) is 30.5. The van der Waals surface area contributed by atoms with Crippen molar-refractivity contribution in [1.29, 1.82) is 0 Å². The number of alkyl halides is 3. The van der Waals surface area contributed by atoms with E-state index < -0.39 is 77.3 Å². The second-order valence-corrected chi connectivity index (χ2v) is 14.6. The van der Waals surface area contributed by atoms with E-state index >= 15 is 4.39 Å². The van der Waals surface area contributed by atoms with Crippen LogP contribution in [-0.4, -0.2) is 58.4 Å². The Morgan fingerprint density at radius 3 is 2.22 bits per heavy atom. The van der Waals surface area contributed by atoms with E-state index in [4.69, 9.17) is 5.73 Å². The molecular weight excluding hydrogens is 706 g/mol. The van der Waals surface area contributed by atoms with Gasteiger partial charge < -0.3 is 31.7 Å². The van der Waals surface area contributed by atoms with Gasteiger partial charge in [0.1, 0.15) is 11.9 Å². The van der Waals surface area contributed by atoms with E-state index in [1.54, 1.807) is 26.8 Å². The number of carbonyl (C=O) groups excluding carboxylic acids is 3.